The Hall–Kier alpha value is -4.12. The maximum atomic E-state index is 13.7. The van der Waals surface area contributed by atoms with Gasteiger partial charge in [-0.1, -0.05) is 60.7 Å². The summed E-state index contributed by atoms with van der Waals surface area (Å²) >= 11 is 0. The first kappa shape index (κ1) is 18.9. The fourth-order valence-corrected chi connectivity index (χ4v) is 3.92. The SMILES string of the molecule is Cn1c(C(=O)N(Cc2cnc[nH]2)c2ccc(-c3ccccc3)cc2)cc2ccccc21. The highest BCUT2D eigenvalue weighted by atomic mass is 16.2. The number of nitrogens with zero attached hydrogens (tertiary/aromatic N) is 3. The van der Waals surface area contributed by atoms with E-state index in [9.17, 15) is 4.79 Å². The Morgan fingerprint density at radius 2 is 1.65 bits per heavy atom. The minimum atomic E-state index is -0.0549. The third-order valence-corrected chi connectivity index (χ3v) is 5.59. The number of carbonyl (C=O) groups excluding carboxylic acids is 1. The third-order valence-electron chi connectivity index (χ3n) is 5.59. The van der Waals surface area contributed by atoms with Crippen LogP contribution in [0.4, 0.5) is 5.69 Å². The predicted octanol–water partition coefficient (Wildman–Crippen LogP) is 5.42. The summed E-state index contributed by atoms with van der Waals surface area (Å²) in [5.41, 5.74) is 5.65. The Balaban J connectivity index is 1.53. The van der Waals surface area contributed by atoms with Gasteiger partial charge in [-0.05, 0) is 35.4 Å². The Labute approximate surface area is 180 Å². The number of aromatic amines is 1. The van der Waals surface area contributed by atoms with E-state index in [-0.39, 0.29) is 5.91 Å². The number of hydrogen-bond donors (Lipinski definition) is 1. The number of hydrogen-bond acceptors (Lipinski definition) is 2. The molecule has 0 atom stereocenters. The maximum absolute atomic E-state index is 13.7. The summed E-state index contributed by atoms with van der Waals surface area (Å²) in [6.45, 7) is 0.408. The van der Waals surface area contributed by atoms with Crippen molar-refractivity contribution in [2.24, 2.45) is 7.05 Å². The van der Waals surface area contributed by atoms with E-state index in [2.05, 4.69) is 34.2 Å². The van der Waals surface area contributed by atoms with Crippen molar-refractivity contribution in [3.8, 4) is 11.1 Å². The first-order valence-electron chi connectivity index (χ1n) is 10.2. The molecule has 0 fully saturated rings. The minimum Gasteiger partial charge on any atom is -0.347 e. The second kappa shape index (κ2) is 7.95. The van der Waals surface area contributed by atoms with E-state index in [1.165, 1.54) is 0 Å². The molecule has 0 aliphatic carbocycles. The number of carbonyl (C=O) groups is 1. The van der Waals surface area contributed by atoms with Crippen molar-refractivity contribution in [3.05, 3.63) is 109 Å². The Bertz CT molecular complexity index is 1320. The van der Waals surface area contributed by atoms with E-state index >= 15 is 0 Å². The fraction of sp³-hybridized carbons (Fsp3) is 0.0769. The third kappa shape index (κ3) is 3.62. The number of aromatic nitrogens is 3. The lowest BCUT2D eigenvalue weighted by atomic mass is 10.1. The van der Waals surface area contributed by atoms with Gasteiger partial charge in [0, 0.05) is 29.8 Å². The molecule has 0 aliphatic rings. The molecule has 0 unspecified atom stereocenters. The predicted molar refractivity (Wildman–Crippen MR) is 124 cm³/mol. The molecule has 1 N–H and O–H groups in total. The van der Waals surface area contributed by atoms with E-state index < -0.39 is 0 Å². The molecular formula is C26H22N4O. The molecule has 0 aliphatic heterocycles. The maximum Gasteiger partial charge on any atom is 0.275 e. The number of aryl methyl sites for hydroxylation is 1. The second-order valence-corrected chi connectivity index (χ2v) is 7.53. The summed E-state index contributed by atoms with van der Waals surface area (Å²) in [4.78, 5) is 22.7. The van der Waals surface area contributed by atoms with Gasteiger partial charge in [-0.15, -0.1) is 0 Å². The molecule has 5 rings (SSSR count). The molecule has 0 saturated heterocycles. The number of benzene rings is 3. The number of fused-ring (bicyclic) bond motifs is 1. The number of amides is 1. The van der Waals surface area contributed by atoms with Gasteiger partial charge in [-0.3, -0.25) is 4.79 Å². The van der Waals surface area contributed by atoms with Gasteiger partial charge in [0.15, 0.2) is 0 Å². The zero-order valence-corrected chi connectivity index (χ0v) is 17.2. The van der Waals surface area contributed by atoms with Crippen LogP contribution in [-0.4, -0.2) is 20.4 Å². The second-order valence-electron chi connectivity index (χ2n) is 7.53. The van der Waals surface area contributed by atoms with Crippen LogP contribution < -0.4 is 4.90 Å². The van der Waals surface area contributed by atoms with Gasteiger partial charge in [0.2, 0.25) is 0 Å². The van der Waals surface area contributed by atoms with Crippen molar-refractivity contribution in [1.29, 1.82) is 0 Å². The van der Waals surface area contributed by atoms with Gasteiger partial charge < -0.3 is 14.5 Å². The molecule has 2 aromatic heterocycles. The van der Waals surface area contributed by atoms with Crippen LogP contribution in [0.25, 0.3) is 22.0 Å². The van der Waals surface area contributed by atoms with Crippen LogP contribution in [0.3, 0.4) is 0 Å². The quantitative estimate of drug-likeness (QED) is 0.424. The highest BCUT2D eigenvalue weighted by Gasteiger charge is 2.22. The number of H-pyrrole nitrogens is 1. The van der Waals surface area contributed by atoms with Gasteiger partial charge in [0.05, 0.1) is 18.6 Å². The van der Waals surface area contributed by atoms with Gasteiger partial charge >= 0.3 is 0 Å². The zero-order valence-electron chi connectivity index (χ0n) is 17.2. The summed E-state index contributed by atoms with van der Waals surface area (Å²) in [6.07, 6.45) is 3.38. The van der Waals surface area contributed by atoms with Crippen LogP contribution in [0.15, 0.2) is 97.5 Å². The van der Waals surface area contributed by atoms with Crippen molar-refractivity contribution in [2.45, 2.75) is 6.54 Å². The van der Waals surface area contributed by atoms with Gasteiger partial charge in [-0.25, -0.2) is 4.98 Å². The molecule has 0 spiro atoms. The molecule has 5 heteroatoms. The van der Waals surface area contributed by atoms with Crippen molar-refractivity contribution < 1.29 is 4.79 Å². The number of anilines is 1. The molecule has 0 bridgehead atoms. The lowest BCUT2D eigenvalue weighted by Gasteiger charge is -2.23. The Morgan fingerprint density at radius 1 is 0.935 bits per heavy atom. The summed E-state index contributed by atoms with van der Waals surface area (Å²) in [6, 6.07) is 28.3. The number of para-hydroxylation sites is 1. The molecule has 31 heavy (non-hydrogen) atoms. The van der Waals surface area contributed by atoms with Crippen molar-refractivity contribution in [2.75, 3.05) is 4.90 Å². The van der Waals surface area contributed by atoms with Crippen LogP contribution in [0.5, 0.6) is 0 Å². The standard InChI is InChI=1S/C26H22N4O/c1-29-24-10-6-5-9-21(24)15-25(29)26(31)30(17-22-16-27-18-28-22)23-13-11-20(12-14-23)19-7-3-2-4-8-19/h2-16,18H,17H2,1H3,(H,27,28). The molecule has 5 aromatic rings. The normalized spacial score (nSPS) is 11.0. The number of imidazole rings is 1. The summed E-state index contributed by atoms with van der Waals surface area (Å²) in [5.74, 6) is -0.0549. The first-order valence-corrected chi connectivity index (χ1v) is 10.2. The number of rotatable bonds is 5. The smallest absolute Gasteiger partial charge is 0.275 e. The minimum absolute atomic E-state index is 0.0549. The highest BCUT2D eigenvalue weighted by Crippen LogP contribution is 2.27. The molecule has 0 radical (unpaired) electrons. The van der Waals surface area contributed by atoms with E-state index in [4.69, 9.17) is 0 Å². The topological polar surface area (TPSA) is 53.9 Å². The van der Waals surface area contributed by atoms with Gasteiger partial charge in [-0.2, -0.15) is 0 Å². The molecule has 1 amide bonds. The molecule has 2 heterocycles. The lowest BCUT2D eigenvalue weighted by Crippen LogP contribution is -2.31. The molecule has 152 valence electrons. The first-order chi connectivity index (χ1) is 15.2. The number of nitrogens with one attached hydrogen (secondary N) is 1. The van der Waals surface area contributed by atoms with E-state index in [1.54, 1.807) is 17.4 Å². The lowest BCUT2D eigenvalue weighted by molar-refractivity contribution is 0.0977. The van der Waals surface area contributed by atoms with Gasteiger partial charge in [0.25, 0.3) is 5.91 Å². The fourth-order valence-electron chi connectivity index (χ4n) is 3.92. The van der Waals surface area contributed by atoms with Crippen LogP contribution in [0.2, 0.25) is 0 Å². The van der Waals surface area contributed by atoms with E-state index in [0.717, 1.165) is 33.4 Å². The average molecular weight is 406 g/mol. The van der Waals surface area contributed by atoms with Crippen molar-refractivity contribution in [3.63, 3.8) is 0 Å². The monoisotopic (exact) mass is 406 g/mol. The Kier molecular flexibility index (Phi) is 4.84. The van der Waals surface area contributed by atoms with Crippen LogP contribution in [0, 0.1) is 0 Å². The summed E-state index contributed by atoms with van der Waals surface area (Å²) < 4.78 is 1.95. The Morgan fingerprint density at radius 3 is 2.35 bits per heavy atom. The summed E-state index contributed by atoms with van der Waals surface area (Å²) in [5, 5.41) is 1.05. The van der Waals surface area contributed by atoms with Crippen LogP contribution >= 0.6 is 0 Å². The average Bonchev–Trinajstić information content (AvgIpc) is 3.46. The highest BCUT2D eigenvalue weighted by molar-refractivity contribution is 6.08. The van der Waals surface area contributed by atoms with Gasteiger partial charge in [0.1, 0.15) is 5.69 Å². The molecule has 3 aromatic carbocycles. The van der Waals surface area contributed by atoms with Crippen LogP contribution in [0.1, 0.15) is 16.2 Å². The van der Waals surface area contributed by atoms with E-state index in [0.29, 0.717) is 12.2 Å². The largest absolute Gasteiger partial charge is 0.347 e. The summed E-state index contributed by atoms with van der Waals surface area (Å²) in [7, 11) is 1.93. The van der Waals surface area contributed by atoms with E-state index in [1.807, 2.05) is 72.3 Å². The van der Waals surface area contributed by atoms with Crippen LogP contribution in [-0.2, 0) is 13.6 Å². The van der Waals surface area contributed by atoms with Crippen molar-refractivity contribution in [1.82, 2.24) is 14.5 Å². The molecule has 5 nitrogen and oxygen atoms in total. The zero-order chi connectivity index (χ0) is 21.2. The molecular weight excluding hydrogens is 384 g/mol. The molecule has 0 saturated carbocycles. The van der Waals surface area contributed by atoms with Crippen molar-refractivity contribution >= 4 is 22.5 Å².